The molecule has 1 heteroatoms. The molecule has 0 heterocycles. The van der Waals surface area contributed by atoms with E-state index in [-0.39, 0.29) is 0 Å². The third kappa shape index (κ3) is 1.79. The Morgan fingerprint density at radius 1 is 1.24 bits per heavy atom. The lowest BCUT2D eigenvalue weighted by Gasteiger charge is -2.49. The van der Waals surface area contributed by atoms with Gasteiger partial charge in [-0.3, -0.25) is 0 Å². The fourth-order valence-electron chi connectivity index (χ4n) is 4.23. The van der Waals surface area contributed by atoms with Gasteiger partial charge in [0.15, 0.2) is 0 Å². The second kappa shape index (κ2) is 4.28. The van der Waals surface area contributed by atoms with Crippen LogP contribution in [0.4, 0.5) is 0 Å². The molecule has 0 N–H and O–H groups in total. The Bertz CT molecular complexity index is 366. The number of fused-ring (bicyclic) bond motifs is 3. The second-order valence-corrected chi connectivity index (χ2v) is 6.25. The summed E-state index contributed by atoms with van der Waals surface area (Å²) in [6, 6.07) is 0. The topological polar surface area (TPSA) is 9.23 Å². The van der Waals surface area contributed by atoms with Crippen LogP contribution in [0.25, 0.3) is 0 Å². The van der Waals surface area contributed by atoms with Crippen LogP contribution in [0.2, 0.25) is 0 Å². The van der Waals surface area contributed by atoms with Gasteiger partial charge < -0.3 is 4.74 Å². The van der Waals surface area contributed by atoms with Crippen molar-refractivity contribution >= 4 is 0 Å². The van der Waals surface area contributed by atoms with E-state index >= 15 is 0 Å². The molecular weight excluding hydrogens is 208 g/mol. The first-order valence-corrected chi connectivity index (χ1v) is 7.17. The number of ether oxygens (including phenoxy) is 1. The average Bonchev–Trinajstić information content (AvgIpc) is 2.38. The molecule has 0 aromatic rings. The lowest BCUT2D eigenvalue weighted by atomic mass is 9.56. The Labute approximate surface area is 105 Å². The van der Waals surface area contributed by atoms with Gasteiger partial charge in [-0.25, -0.2) is 0 Å². The molecule has 0 aromatic carbocycles. The third-order valence-corrected chi connectivity index (χ3v) is 5.42. The summed E-state index contributed by atoms with van der Waals surface area (Å²) in [5.74, 6) is 0.842. The van der Waals surface area contributed by atoms with E-state index in [0.29, 0.717) is 11.5 Å². The highest BCUT2D eigenvalue weighted by molar-refractivity contribution is 5.35. The van der Waals surface area contributed by atoms with Gasteiger partial charge in [-0.05, 0) is 49.9 Å². The molecule has 0 unspecified atom stereocenters. The highest BCUT2D eigenvalue weighted by Crippen LogP contribution is 2.55. The minimum Gasteiger partial charge on any atom is -0.381 e. The van der Waals surface area contributed by atoms with Gasteiger partial charge in [0.1, 0.15) is 0 Å². The largest absolute Gasteiger partial charge is 0.381 e. The van der Waals surface area contributed by atoms with Crippen LogP contribution in [-0.4, -0.2) is 13.2 Å². The zero-order valence-electron chi connectivity index (χ0n) is 11.2. The minimum atomic E-state index is 0.458. The molecule has 0 aromatic heterocycles. The molecule has 1 nitrogen and oxygen atoms in total. The molecule has 17 heavy (non-hydrogen) atoms. The summed E-state index contributed by atoms with van der Waals surface area (Å²) in [4.78, 5) is 0. The molecule has 0 saturated heterocycles. The molecule has 0 bridgehead atoms. The first-order valence-electron chi connectivity index (χ1n) is 7.17. The molecule has 2 fully saturated rings. The number of rotatable bonds is 1. The second-order valence-electron chi connectivity index (χ2n) is 6.25. The molecule has 2 saturated carbocycles. The number of methoxy groups -OCH3 is 1. The number of hydrogen-bond donors (Lipinski definition) is 0. The molecule has 0 aliphatic heterocycles. The van der Waals surface area contributed by atoms with Crippen LogP contribution in [0.3, 0.4) is 0 Å². The molecule has 0 amide bonds. The van der Waals surface area contributed by atoms with Gasteiger partial charge >= 0.3 is 0 Å². The van der Waals surface area contributed by atoms with E-state index in [1.807, 2.05) is 7.11 Å². The summed E-state index contributed by atoms with van der Waals surface area (Å²) in [5.41, 5.74) is 3.85. The first-order chi connectivity index (χ1) is 8.24. The average molecular weight is 232 g/mol. The lowest BCUT2D eigenvalue weighted by molar-refractivity contribution is 0.0452. The molecule has 3 aliphatic rings. The van der Waals surface area contributed by atoms with E-state index < -0.39 is 0 Å². The maximum Gasteiger partial charge on any atom is 0.0609 e. The van der Waals surface area contributed by atoms with Crippen LogP contribution >= 0.6 is 0 Å². The predicted octanol–water partition coefficient (Wildman–Crippen LogP) is 4.25. The van der Waals surface area contributed by atoms with Gasteiger partial charge in [0.2, 0.25) is 0 Å². The Balaban J connectivity index is 1.91. The van der Waals surface area contributed by atoms with E-state index in [4.69, 9.17) is 4.74 Å². The molecule has 3 aliphatic carbocycles. The van der Waals surface area contributed by atoms with Gasteiger partial charge in [0.25, 0.3) is 0 Å². The zero-order chi connectivity index (χ0) is 11.9. The smallest absolute Gasteiger partial charge is 0.0609 e. The van der Waals surface area contributed by atoms with Crippen molar-refractivity contribution in [1.82, 2.24) is 0 Å². The van der Waals surface area contributed by atoms with Crippen molar-refractivity contribution in [3.05, 3.63) is 23.3 Å². The molecule has 0 spiro atoms. The van der Waals surface area contributed by atoms with Gasteiger partial charge in [0, 0.05) is 7.11 Å². The van der Waals surface area contributed by atoms with E-state index in [9.17, 15) is 0 Å². The molecule has 0 radical (unpaired) electrons. The number of hydrogen-bond acceptors (Lipinski definition) is 1. The number of allylic oxidation sites excluding steroid dienone is 3. The van der Waals surface area contributed by atoms with Crippen LogP contribution in [0.15, 0.2) is 23.3 Å². The van der Waals surface area contributed by atoms with Gasteiger partial charge in [0.05, 0.1) is 6.10 Å². The first kappa shape index (κ1) is 11.5. The summed E-state index contributed by atoms with van der Waals surface area (Å²) >= 11 is 0. The van der Waals surface area contributed by atoms with Crippen molar-refractivity contribution in [2.75, 3.05) is 7.11 Å². The van der Waals surface area contributed by atoms with Gasteiger partial charge in [-0.2, -0.15) is 0 Å². The quantitative estimate of drug-likeness (QED) is 0.657. The normalized spacial score (nSPS) is 41.1. The van der Waals surface area contributed by atoms with Crippen molar-refractivity contribution in [1.29, 1.82) is 0 Å². The molecule has 94 valence electrons. The summed E-state index contributed by atoms with van der Waals surface area (Å²) in [7, 11) is 1.86. The summed E-state index contributed by atoms with van der Waals surface area (Å²) in [6.45, 7) is 2.51. The third-order valence-electron chi connectivity index (χ3n) is 5.42. The Morgan fingerprint density at radius 2 is 2.12 bits per heavy atom. The minimum absolute atomic E-state index is 0.458. The Kier molecular flexibility index (Phi) is 2.90. The molecular formula is C16H24O. The maximum atomic E-state index is 5.56. The van der Waals surface area contributed by atoms with Crippen molar-refractivity contribution in [2.45, 2.75) is 58.0 Å². The highest BCUT2D eigenvalue weighted by atomic mass is 16.5. The fraction of sp³-hybridized carbons (Fsp3) is 0.750. The van der Waals surface area contributed by atoms with Crippen LogP contribution < -0.4 is 0 Å². The molecule has 3 rings (SSSR count). The summed E-state index contributed by atoms with van der Waals surface area (Å²) in [5, 5.41) is 0. The Hall–Kier alpha value is -0.560. The van der Waals surface area contributed by atoms with Crippen molar-refractivity contribution in [3.8, 4) is 0 Å². The van der Waals surface area contributed by atoms with Crippen LogP contribution in [0, 0.1) is 11.3 Å². The van der Waals surface area contributed by atoms with Gasteiger partial charge in [-0.1, -0.05) is 36.6 Å². The standard InChI is InChI=1S/C16H24O/c1-16-10-9-14(17-2)11-13(16)8-7-12-5-3-4-6-15(12)16/h7-8,14-15H,3-6,9-11H2,1-2H3/t14-,15-,16-/m1/s1. The molecule has 3 atom stereocenters. The lowest BCUT2D eigenvalue weighted by Crippen LogP contribution is -2.40. The van der Waals surface area contributed by atoms with Crippen molar-refractivity contribution in [3.63, 3.8) is 0 Å². The zero-order valence-corrected chi connectivity index (χ0v) is 11.2. The van der Waals surface area contributed by atoms with E-state index in [1.165, 1.54) is 38.5 Å². The van der Waals surface area contributed by atoms with Crippen molar-refractivity contribution < 1.29 is 4.74 Å². The van der Waals surface area contributed by atoms with Gasteiger partial charge in [-0.15, -0.1) is 0 Å². The fourth-order valence-corrected chi connectivity index (χ4v) is 4.23. The maximum absolute atomic E-state index is 5.56. The Morgan fingerprint density at radius 3 is 2.94 bits per heavy atom. The SMILES string of the molecule is CO[C@@H]1CC[C@]2(C)C(=CC=C3CCCC[C@H]32)C1. The van der Waals surface area contributed by atoms with Crippen molar-refractivity contribution in [2.24, 2.45) is 11.3 Å². The van der Waals surface area contributed by atoms with Crippen LogP contribution in [0.5, 0.6) is 0 Å². The van der Waals surface area contributed by atoms with E-state index in [1.54, 1.807) is 11.1 Å². The summed E-state index contributed by atoms with van der Waals surface area (Å²) in [6.07, 6.45) is 14.6. The van der Waals surface area contributed by atoms with Crippen LogP contribution in [-0.2, 0) is 4.74 Å². The van der Waals surface area contributed by atoms with E-state index in [2.05, 4.69) is 19.1 Å². The van der Waals surface area contributed by atoms with Crippen LogP contribution in [0.1, 0.15) is 51.9 Å². The predicted molar refractivity (Wildman–Crippen MR) is 70.9 cm³/mol. The highest BCUT2D eigenvalue weighted by Gasteiger charge is 2.44. The summed E-state index contributed by atoms with van der Waals surface area (Å²) < 4.78 is 5.56. The van der Waals surface area contributed by atoms with E-state index in [0.717, 1.165) is 12.3 Å². The monoisotopic (exact) mass is 232 g/mol.